The number of halogens is 1. The van der Waals surface area contributed by atoms with Crippen LogP contribution in [0, 0.1) is 5.82 Å². The van der Waals surface area contributed by atoms with Gasteiger partial charge in [-0.05, 0) is 10.8 Å². The maximum absolute atomic E-state index is 14.3. The number of hydrogen-bond donors (Lipinski definition) is 1. The molecule has 0 heterocycles. The van der Waals surface area contributed by atoms with Gasteiger partial charge in [-0.1, -0.05) is 48.5 Å². The number of aromatic carboxylic acids is 1. The number of benzene rings is 3. The van der Waals surface area contributed by atoms with Crippen molar-refractivity contribution in [3.63, 3.8) is 0 Å². The van der Waals surface area contributed by atoms with Crippen molar-refractivity contribution in [2.75, 3.05) is 0 Å². The molecule has 3 rings (SSSR count). The standard InChI is InChI=1S/C15H9FO2/c16-14-11-7-3-1-5-9(11)13(15(17)18)10-6-2-4-8-12(10)14/h1-8H,(H,17,18). The molecule has 0 aliphatic carbocycles. The third kappa shape index (κ3) is 1.37. The summed E-state index contributed by atoms with van der Waals surface area (Å²) in [4.78, 5) is 11.4. The second-order valence-electron chi connectivity index (χ2n) is 4.09. The quantitative estimate of drug-likeness (QED) is 0.656. The summed E-state index contributed by atoms with van der Waals surface area (Å²) in [6.07, 6.45) is 0. The van der Waals surface area contributed by atoms with Crippen LogP contribution in [-0.4, -0.2) is 11.1 Å². The number of rotatable bonds is 1. The highest BCUT2D eigenvalue weighted by molar-refractivity contribution is 6.16. The van der Waals surface area contributed by atoms with Crippen molar-refractivity contribution in [2.45, 2.75) is 0 Å². The minimum atomic E-state index is -1.04. The Labute approximate surface area is 102 Å². The highest BCUT2D eigenvalue weighted by Gasteiger charge is 2.17. The normalized spacial score (nSPS) is 10.9. The predicted octanol–water partition coefficient (Wildman–Crippen LogP) is 3.83. The van der Waals surface area contributed by atoms with E-state index in [0.29, 0.717) is 21.5 Å². The molecule has 18 heavy (non-hydrogen) atoms. The van der Waals surface area contributed by atoms with E-state index in [9.17, 15) is 14.3 Å². The summed E-state index contributed by atoms with van der Waals surface area (Å²) in [6, 6.07) is 13.3. The Morgan fingerprint density at radius 1 is 0.833 bits per heavy atom. The van der Waals surface area contributed by atoms with Gasteiger partial charge in [0.15, 0.2) is 0 Å². The first-order valence-electron chi connectivity index (χ1n) is 5.52. The molecule has 0 saturated carbocycles. The fraction of sp³-hybridized carbons (Fsp3) is 0. The lowest BCUT2D eigenvalue weighted by Gasteiger charge is -2.09. The van der Waals surface area contributed by atoms with E-state index in [0.717, 1.165) is 0 Å². The van der Waals surface area contributed by atoms with Gasteiger partial charge in [-0.15, -0.1) is 0 Å². The molecule has 0 atom stereocenters. The van der Waals surface area contributed by atoms with Gasteiger partial charge in [0.1, 0.15) is 5.82 Å². The molecule has 0 aliphatic heterocycles. The zero-order valence-corrected chi connectivity index (χ0v) is 9.35. The number of carboxylic acid groups (broad SMARTS) is 1. The molecule has 2 nitrogen and oxygen atoms in total. The smallest absolute Gasteiger partial charge is 0.336 e. The Balaban J connectivity index is 2.67. The molecule has 1 N–H and O–H groups in total. The van der Waals surface area contributed by atoms with Crippen LogP contribution >= 0.6 is 0 Å². The largest absolute Gasteiger partial charge is 0.478 e. The molecule has 0 radical (unpaired) electrons. The van der Waals surface area contributed by atoms with E-state index in [1.807, 2.05) is 0 Å². The van der Waals surface area contributed by atoms with Crippen molar-refractivity contribution in [1.82, 2.24) is 0 Å². The van der Waals surface area contributed by atoms with Gasteiger partial charge in [0, 0.05) is 10.8 Å². The Kier molecular flexibility index (Phi) is 2.27. The molecule has 0 fully saturated rings. The topological polar surface area (TPSA) is 37.3 Å². The van der Waals surface area contributed by atoms with Crippen molar-refractivity contribution in [3.8, 4) is 0 Å². The lowest BCUT2D eigenvalue weighted by atomic mass is 9.96. The van der Waals surface area contributed by atoms with E-state index in [-0.39, 0.29) is 11.4 Å². The Bertz CT molecular complexity index is 721. The minimum absolute atomic E-state index is 0.155. The summed E-state index contributed by atoms with van der Waals surface area (Å²) >= 11 is 0. The molecule has 88 valence electrons. The van der Waals surface area contributed by atoms with E-state index >= 15 is 0 Å². The van der Waals surface area contributed by atoms with Gasteiger partial charge in [0.05, 0.1) is 5.56 Å². The van der Waals surface area contributed by atoms with Crippen molar-refractivity contribution >= 4 is 27.5 Å². The van der Waals surface area contributed by atoms with E-state index in [1.54, 1.807) is 48.5 Å². The maximum atomic E-state index is 14.3. The van der Waals surface area contributed by atoms with Gasteiger partial charge in [0.25, 0.3) is 0 Å². The predicted molar refractivity (Wildman–Crippen MR) is 68.4 cm³/mol. The summed E-state index contributed by atoms with van der Waals surface area (Å²) in [5.74, 6) is -1.41. The van der Waals surface area contributed by atoms with E-state index in [1.165, 1.54) is 0 Å². The van der Waals surface area contributed by atoms with E-state index in [2.05, 4.69) is 0 Å². The Morgan fingerprint density at radius 2 is 1.22 bits per heavy atom. The van der Waals surface area contributed by atoms with Crippen molar-refractivity contribution in [1.29, 1.82) is 0 Å². The van der Waals surface area contributed by atoms with Gasteiger partial charge in [0.2, 0.25) is 0 Å². The second kappa shape index (κ2) is 3.81. The van der Waals surface area contributed by atoms with Crippen LogP contribution in [0.15, 0.2) is 48.5 Å². The average Bonchev–Trinajstić information content (AvgIpc) is 2.39. The third-order valence-corrected chi connectivity index (χ3v) is 3.08. The van der Waals surface area contributed by atoms with Crippen molar-refractivity contribution < 1.29 is 14.3 Å². The van der Waals surface area contributed by atoms with Crippen molar-refractivity contribution in [2.24, 2.45) is 0 Å². The van der Waals surface area contributed by atoms with Gasteiger partial charge in [-0.25, -0.2) is 9.18 Å². The Morgan fingerprint density at radius 3 is 1.61 bits per heavy atom. The van der Waals surface area contributed by atoms with Crippen molar-refractivity contribution in [3.05, 3.63) is 59.9 Å². The van der Waals surface area contributed by atoms with Crippen LogP contribution < -0.4 is 0 Å². The fourth-order valence-corrected chi connectivity index (χ4v) is 2.31. The van der Waals surface area contributed by atoms with Gasteiger partial charge >= 0.3 is 5.97 Å². The number of carbonyl (C=O) groups is 1. The number of hydrogen-bond acceptors (Lipinski definition) is 1. The molecule has 0 aromatic heterocycles. The molecule has 0 aliphatic rings. The lowest BCUT2D eigenvalue weighted by Crippen LogP contribution is -2.00. The van der Waals surface area contributed by atoms with Crippen LogP contribution in [0.3, 0.4) is 0 Å². The summed E-state index contributed by atoms with van der Waals surface area (Å²) in [6.45, 7) is 0. The van der Waals surface area contributed by atoms with Crippen LogP contribution in [0.2, 0.25) is 0 Å². The summed E-state index contributed by atoms with van der Waals surface area (Å²) < 4.78 is 14.3. The molecule has 0 amide bonds. The zero-order chi connectivity index (χ0) is 12.7. The minimum Gasteiger partial charge on any atom is -0.478 e. The first kappa shape index (κ1) is 10.7. The van der Waals surface area contributed by atoms with Crippen LogP contribution in [-0.2, 0) is 0 Å². The highest BCUT2D eigenvalue weighted by Crippen LogP contribution is 2.31. The van der Waals surface area contributed by atoms with E-state index < -0.39 is 5.97 Å². The molecule has 3 heteroatoms. The van der Waals surface area contributed by atoms with Crippen LogP contribution in [0.4, 0.5) is 4.39 Å². The summed E-state index contributed by atoms with van der Waals surface area (Å²) in [5, 5.41) is 10.9. The molecule has 3 aromatic carbocycles. The fourth-order valence-electron chi connectivity index (χ4n) is 2.31. The SMILES string of the molecule is O=C(O)c1c2ccccc2c(F)c2ccccc12. The monoisotopic (exact) mass is 240 g/mol. The molecular formula is C15H9FO2. The maximum Gasteiger partial charge on any atom is 0.336 e. The molecule has 3 aromatic rings. The lowest BCUT2D eigenvalue weighted by molar-refractivity contribution is 0.0701. The van der Waals surface area contributed by atoms with E-state index in [4.69, 9.17) is 0 Å². The highest BCUT2D eigenvalue weighted by atomic mass is 19.1. The molecule has 0 bridgehead atoms. The molecule has 0 unspecified atom stereocenters. The van der Waals surface area contributed by atoms with Gasteiger partial charge in [-0.3, -0.25) is 0 Å². The molecule has 0 saturated heterocycles. The zero-order valence-electron chi connectivity index (χ0n) is 9.35. The Hall–Kier alpha value is -2.42. The molecule has 0 spiro atoms. The third-order valence-electron chi connectivity index (χ3n) is 3.08. The molecular weight excluding hydrogens is 231 g/mol. The van der Waals surface area contributed by atoms with Crippen LogP contribution in [0.5, 0.6) is 0 Å². The number of carboxylic acids is 1. The van der Waals surface area contributed by atoms with Gasteiger partial charge < -0.3 is 5.11 Å². The number of fused-ring (bicyclic) bond motifs is 2. The first-order chi connectivity index (χ1) is 8.70. The second-order valence-corrected chi connectivity index (χ2v) is 4.09. The van der Waals surface area contributed by atoms with Crippen LogP contribution in [0.1, 0.15) is 10.4 Å². The van der Waals surface area contributed by atoms with Gasteiger partial charge in [-0.2, -0.15) is 0 Å². The summed E-state index contributed by atoms with van der Waals surface area (Å²) in [7, 11) is 0. The van der Waals surface area contributed by atoms with Crippen LogP contribution in [0.25, 0.3) is 21.5 Å². The summed E-state index contributed by atoms with van der Waals surface area (Å²) in [5.41, 5.74) is 0.155. The first-order valence-corrected chi connectivity index (χ1v) is 5.52. The average molecular weight is 240 g/mol.